The summed E-state index contributed by atoms with van der Waals surface area (Å²) >= 11 is 0. The van der Waals surface area contributed by atoms with Crippen molar-refractivity contribution in [2.75, 3.05) is 0 Å². The Morgan fingerprint density at radius 1 is 1.78 bits per heavy atom. The summed E-state index contributed by atoms with van der Waals surface area (Å²) in [4.78, 5) is 7.63. The number of hydrogen-bond donors (Lipinski definition) is 0. The second-order valence-corrected chi connectivity index (χ2v) is 1.48. The maximum Gasteiger partial charge on any atom is 0.140 e. The Hall–Kier alpha value is -1.36. The van der Waals surface area contributed by atoms with Gasteiger partial charge < -0.3 is 0 Å². The first-order valence-corrected chi connectivity index (χ1v) is 2.55. The fourth-order valence-electron chi connectivity index (χ4n) is 0.474. The van der Waals surface area contributed by atoms with Crippen LogP contribution in [0, 0.1) is 12.3 Å². The fourth-order valence-corrected chi connectivity index (χ4v) is 0.474. The van der Waals surface area contributed by atoms with E-state index in [1.165, 1.54) is 12.3 Å². The van der Waals surface area contributed by atoms with Gasteiger partial charge in [-0.2, -0.15) is 0 Å². The molecule has 0 radical (unpaired) electrons. The number of rotatable bonds is 1. The minimum atomic E-state index is 0.209. The SMILES string of the molecule is [2H]c1ccnc(CC#C)n1. The monoisotopic (exact) mass is 119 g/mol. The van der Waals surface area contributed by atoms with E-state index in [0.29, 0.717) is 12.2 Å². The van der Waals surface area contributed by atoms with Gasteiger partial charge >= 0.3 is 0 Å². The molecule has 0 unspecified atom stereocenters. The standard InChI is InChI=1S/C7H6N2/c1-2-4-7-8-5-3-6-9-7/h1,3,5-6H,4H2/i5D. The maximum atomic E-state index is 7.09. The first-order chi connectivity index (χ1) is 4.83. The Kier molecular flexibility index (Phi) is 1.42. The molecule has 9 heavy (non-hydrogen) atoms. The normalized spacial score (nSPS) is 9.89. The van der Waals surface area contributed by atoms with Crippen molar-refractivity contribution in [3.63, 3.8) is 0 Å². The lowest BCUT2D eigenvalue weighted by atomic mass is 10.4. The summed E-state index contributed by atoms with van der Waals surface area (Å²) in [5.41, 5.74) is 0. The predicted octanol–water partition coefficient (Wildman–Crippen LogP) is 0.652. The summed E-state index contributed by atoms with van der Waals surface area (Å²) in [5, 5.41) is 0. The lowest BCUT2D eigenvalue weighted by Gasteiger charge is -1.87. The number of aromatic nitrogens is 2. The van der Waals surface area contributed by atoms with Crippen molar-refractivity contribution in [3.05, 3.63) is 24.3 Å². The molecule has 0 aliphatic carbocycles. The van der Waals surface area contributed by atoms with Crippen LogP contribution < -0.4 is 0 Å². The summed E-state index contributed by atoms with van der Waals surface area (Å²) in [6.07, 6.45) is 7.15. The van der Waals surface area contributed by atoms with E-state index in [9.17, 15) is 0 Å². The van der Waals surface area contributed by atoms with Crippen molar-refractivity contribution in [2.45, 2.75) is 6.42 Å². The van der Waals surface area contributed by atoms with E-state index in [0.717, 1.165) is 0 Å². The van der Waals surface area contributed by atoms with Crippen molar-refractivity contribution in [1.29, 1.82) is 0 Å². The van der Waals surface area contributed by atoms with Crippen molar-refractivity contribution in [3.8, 4) is 12.3 Å². The highest BCUT2D eigenvalue weighted by Crippen LogP contribution is 1.85. The zero-order chi connectivity index (χ0) is 7.40. The Bertz CT molecular complexity index is 265. The Morgan fingerprint density at radius 2 is 2.67 bits per heavy atom. The third kappa shape index (κ3) is 1.54. The molecule has 2 nitrogen and oxygen atoms in total. The topological polar surface area (TPSA) is 25.8 Å². The zero-order valence-electron chi connectivity index (χ0n) is 5.83. The zero-order valence-corrected chi connectivity index (χ0v) is 4.83. The first kappa shape index (κ1) is 4.51. The van der Waals surface area contributed by atoms with Crippen molar-refractivity contribution < 1.29 is 1.37 Å². The Morgan fingerprint density at radius 3 is 3.33 bits per heavy atom. The van der Waals surface area contributed by atoms with Crippen LogP contribution in [0.4, 0.5) is 0 Å². The van der Waals surface area contributed by atoms with E-state index in [4.69, 9.17) is 7.79 Å². The highest BCUT2D eigenvalue weighted by Gasteiger charge is 1.86. The molecule has 0 aliphatic rings. The van der Waals surface area contributed by atoms with Crippen LogP contribution in [-0.2, 0) is 6.42 Å². The van der Waals surface area contributed by atoms with E-state index in [1.807, 2.05) is 0 Å². The molecule has 1 rings (SSSR count). The lowest BCUT2D eigenvalue weighted by molar-refractivity contribution is 1.00. The van der Waals surface area contributed by atoms with Crippen molar-refractivity contribution >= 4 is 0 Å². The van der Waals surface area contributed by atoms with Gasteiger partial charge in [0.15, 0.2) is 0 Å². The third-order valence-corrected chi connectivity index (χ3v) is 0.826. The van der Waals surface area contributed by atoms with E-state index in [2.05, 4.69) is 15.9 Å². The Labute approximate surface area is 55.4 Å². The minimum absolute atomic E-state index is 0.209. The van der Waals surface area contributed by atoms with E-state index in [-0.39, 0.29) is 6.17 Å². The largest absolute Gasteiger partial charge is 0.240 e. The third-order valence-electron chi connectivity index (χ3n) is 0.826. The van der Waals surface area contributed by atoms with Gasteiger partial charge in [-0.3, -0.25) is 0 Å². The molecular weight excluding hydrogens is 112 g/mol. The molecule has 44 valence electrons. The quantitative estimate of drug-likeness (QED) is 0.507. The van der Waals surface area contributed by atoms with Crippen LogP contribution in [0.2, 0.25) is 0 Å². The van der Waals surface area contributed by atoms with Gasteiger partial charge in [0.1, 0.15) is 5.82 Å². The summed E-state index contributed by atoms with van der Waals surface area (Å²) in [6, 6.07) is 1.51. The number of hydrogen-bond acceptors (Lipinski definition) is 2. The lowest BCUT2D eigenvalue weighted by Crippen LogP contribution is -1.89. The highest BCUT2D eigenvalue weighted by atomic mass is 14.8. The van der Waals surface area contributed by atoms with Crippen LogP contribution in [0.5, 0.6) is 0 Å². The summed E-state index contributed by atoms with van der Waals surface area (Å²) < 4.78 is 7.09. The molecule has 2 heteroatoms. The van der Waals surface area contributed by atoms with Gasteiger partial charge in [-0.1, -0.05) is 5.92 Å². The molecule has 0 N–H and O–H groups in total. The number of nitrogens with zero attached hydrogens (tertiary/aromatic N) is 2. The van der Waals surface area contributed by atoms with E-state index < -0.39 is 0 Å². The van der Waals surface area contributed by atoms with E-state index >= 15 is 0 Å². The van der Waals surface area contributed by atoms with Gasteiger partial charge in [0.05, 0.1) is 7.79 Å². The maximum absolute atomic E-state index is 7.09. The van der Waals surface area contributed by atoms with Crippen LogP contribution in [-0.4, -0.2) is 9.97 Å². The summed E-state index contributed by atoms with van der Waals surface area (Å²) in [5.74, 6) is 2.94. The van der Waals surface area contributed by atoms with Gasteiger partial charge in [-0.25, -0.2) is 9.97 Å². The average Bonchev–Trinajstić information content (AvgIpc) is 1.88. The highest BCUT2D eigenvalue weighted by molar-refractivity contribution is 4.99. The van der Waals surface area contributed by atoms with Gasteiger partial charge in [0.2, 0.25) is 0 Å². The molecule has 1 aromatic heterocycles. The molecule has 0 bridgehead atoms. The Balaban J connectivity index is 2.87. The smallest absolute Gasteiger partial charge is 0.140 e. The molecule has 1 heterocycles. The molecular formula is C7H6N2. The molecule has 0 aromatic carbocycles. The van der Waals surface area contributed by atoms with Crippen LogP contribution >= 0.6 is 0 Å². The predicted molar refractivity (Wildman–Crippen MR) is 34.6 cm³/mol. The van der Waals surface area contributed by atoms with Crippen LogP contribution in [0.25, 0.3) is 0 Å². The average molecular weight is 119 g/mol. The molecule has 0 amide bonds. The van der Waals surface area contributed by atoms with Crippen molar-refractivity contribution in [2.24, 2.45) is 0 Å². The minimum Gasteiger partial charge on any atom is -0.240 e. The molecule has 0 fully saturated rings. The molecule has 0 atom stereocenters. The van der Waals surface area contributed by atoms with Crippen LogP contribution in [0.15, 0.2) is 18.4 Å². The molecule has 1 aromatic rings. The van der Waals surface area contributed by atoms with Gasteiger partial charge in [-0.15, -0.1) is 6.42 Å². The second-order valence-electron chi connectivity index (χ2n) is 1.48. The summed E-state index contributed by atoms with van der Waals surface area (Å²) in [6.45, 7) is 0. The van der Waals surface area contributed by atoms with Crippen LogP contribution in [0.3, 0.4) is 0 Å². The van der Waals surface area contributed by atoms with E-state index in [1.54, 1.807) is 0 Å². The number of terminal acetylenes is 1. The second kappa shape index (κ2) is 2.83. The summed E-state index contributed by atoms with van der Waals surface area (Å²) in [7, 11) is 0. The fraction of sp³-hybridized carbons (Fsp3) is 0.143. The van der Waals surface area contributed by atoms with Gasteiger partial charge in [-0.05, 0) is 6.07 Å². The van der Waals surface area contributed by atoms with Crippen molar-refractivity contribution in [1.82, 2.24) is 9.97 Å². The van der Waals surface area contributed by atoms with Crippen LogP contribution in [0.1, 0.15) is 7.20 Å². The first-order valence-electron chi connectivity index (χ1n) is 3.05. The molecule has 0 aliphatic heterocycles. The van der Waals surface area contributed by atoms with Gasteiger partial charge in [0, 0.05) is 12.4 Å². The van der Waals surface area contributed by atoms with Gasteiger partial charge in [0.25, 0.3) is 0 Å². The molecule has 0 saturated heterocycles. The molecule has 0 saturated carbocycles. The molecule has 0 spiro atoms.